The minimum atomic E-state index is -3.27. The molecule has 2 aliphatic heterocycles. The molecular formula is C28H32ClN3O6S. The Morgan fingerprint density at radius 1 is 1.15 bits per heavy atom. The number of phenols is 1. The third-order valence-corrected chi connectivity index (χ3v) is 9.36. The maximum Gasteiger partial charge on any atom is 0.273 e. The van der Waals surface area contributed by atoms with Crippen molar-refractivity contribution in [2.24, 2.45) is 0 Å². The number of aromatic hydroxyl groups is 1. The maximum absolute atomic E-state index is 13.7. The summed E-state index contributed by atoms with van der Waals surface area (Å²) in [4.78, 5) is 15.4. The molecular weight excluding hydrogens is 542 g/mol. The number of aromatic amines is 1. The van der Waals surface area contributed by atoms with Crippen molar-refractivity contribution in [1.82, 2.24) is 15.1 Å². The van der Waals surface area contributed by atoms with Gasteiger partial charge in [-0.3, -0.25) is 9.89 Å². The molecule has 5 rings (SSSR count). The normalized spacial score (nSPS) is 19.9. The number of carbonyl (C=O) groups is 1. The number of nitrogens with zero attached hydrogens (tertiary/aromatic N) is 2. The second kappa shape index (κ2) is 11.1. The number of rotatable bonds is 10. The Morgan fingerprint density at radius 2 is 1.97 bits per heavy atom. The number of phenolic OH excluding ortho intramolecular Hbond substituents is 1. The van der Waals surface area contributed by atoms with Crippen molar-refractivity contribution in [1.29, 1.82) is 0 Å². The lowest BCUT2D eigenvalue weighted by Gasteiger charge is -2.31. The highest BCUT2D eigenvalue weighted by atomic mass is 35.5. The molecule has 2 atom stereocenters. The number of hydrogen-bond donors (Lipinski definition) is 2. The number of hydrogen-bond acceptors (Lipinski definition) is 7. The van der Waals surface area contributed by atoms with Crippen LogP contribution in [0.2, 0.25) is 5.02 Å². The Hall–Kier alpha value is -3.24. The molecule has 1 saturated heterocycles. The molecule has 0 aliphatic carbocycles. The van der Waals surface area contributed by atoms with E-state index in [1.54, 1.807) is 24.1 Å². The number of nitrogens with one attached hydrogen (secondary N) is 1. The van der Waals surface area contributed by atoms with Crippen LogP contribution in [0, 0.1) is 0 Å². The van der Waals surface area contributed by atoms with Crippen molar-refractivity contribution in [3.8, 4) is 28.5 Å². The Labute approximate surface area is 233 Å². The minimum Gasteiger partial charge on any atom is -0.507 e. The molecule has 2 aliphatic rings. The molecule has 2 N–H and O–H groups in total. The highest BCUT2D eigenvalue weighted by Crippen LogP contribution is 2.48. The molecule has 0 radical (unpaired) electrons. The third kappa shape index (κ3) is 5.32. The zero-order chi connectivity index (χ0) is 27.7. The fourth-order valence-corrected chi connectivity index (χ4v) is 7.34. The number of halogens is 1. The van der Waals surface area contributed by atoms with E-state index in [2.05, 4.69) is 17.1 Å². The van der Waals surface area contributed by atoms with Crippen molar-refractivity contribution in [3.63, 3.8) is 0 Å². The van der Waals surface area contributed by atoms with Crippen LogP contribution in [-0.2, 0) is 9.84 Å². The predicted molar refractivity (Wildman–Crippen MR) is 148 cm³/mol. The van der Waals surface area contributed by atoms with Crippen LogP contribution in [0.3, 0.4) is 0 Å². The molecule has 2 unspecified atom stereocenters. The first kappa shape index (κ1) is 27.3. The lowest BCUT2D eigenvalue weighted by atomic mass is 9.94. The van der Waals surface area contributed by atoms with Gasteiger partial charge in [-0.1, -0.05) is 43.9 Å². The number of benzene rings is 2. The molecule has 11 heteroatoms. The first-order valence-electron chi connectivity index (χ1n) is 13.1. The van der Waals surface area contributed by atoms with Gasteiger partial charge in [0.2, 0.25) is 0 Å². The summed E-state index contributed by atoms with van der Waals surface area (Å²) in [6.07, 6.45) is 4.66. The van der Waals surface area contributed by atoms with Gasteiger partial charge in [-0.2, -0.15) is 5.10 Å². The molecule has 0 saturated carbocycles. The molecule has 1 aromatic heterocycles. The number of aromatic nitrogens is 2. The molecule has 9 nitrogen and oxygen atoms in total. The summed E-state index contributed by atoms with van der Waals surface area (Å²) in [5.41, 5.74) is 2.27. The molecule has 208 valence electrons. The summed E-state index contributed by atoms with van der Waals surface area (Å²) in [7, 11) is -1.71. The van der Waals surface area contributed by atoms with Gasteiger partial charge in [-0.15, -0.1) is 0 Å². The van der Waals surface area contributed by atoms with E-state index in [0.717, 1.165) is 25.7 Å². The predicted octanol–water partition coefficient (Wildman–Crippen LogP) is 5.14. The largest absolute Gasteiger partial charge is 0.507 e. The van der Waals surface area contributed by atoms with Crippen molar-refractivity contribution >= 4 is 27.3 Å². The summed E-state index contributed by atoms with van der Waals surface area (Å²) < 4.78 is 36.4. The topological polar surface area (TPSA) is 122 Å². The van der Waals surface area contributed by atoms with E-state index >= 15 is 0 Å². The number of carbonyl (C=O) groups excluding carboxylic acids is 1. The van der Waals surface area contributed by atoms with E-state index in [4.69, 9.17) is 21.1 Å². The van der Waals surface area contributed by atoms with Gasteiger partial charge in [0.1, 0.15) is 17.1 Å². The van der Waals surface area contributed by atoms with Crippen LogP contribution in [-0.4, -0.2) is 65.8 Å². The van der Waals surface area contributed by atoms with Gasteiger partial charge in [-0.05, 0) is 48.7 Å². The number of unbranched alkanes of at least 4 members (excludes halogenated alkanes) is 3. The van der Waals surface area contributed by atoms with Crippen molar-refractivity contribution in [2.75, 3.05) is 25.2 Å². The zero-order valence-electron chi connectivity index (χ0n) is 21.9. The van der Waals surface area contributed by atoms with Crippen molar-refractivity contribution < 1.29 is 27.8 Å². The smallest absolute Gasteiger partial charge is 0.273 e. The molecule has 0 bridgehead atoms. The van der Waals surface area contributed by atoms with E-state index in [1.807, 2.05) is 18.2 Å². The van der Waals surface area contributed by atoms with E-state index in [0.29, 0.717) is 51.9 Å². The van der Waals surface area contributed by atoms with Crippen LogP contribution in [0.25, 0.3) is 11.3 Å². The standard InChI is InChI=1S/C28H32ClN3O6S/c1-3-4-5-6-12-38-22-10-7-17(14-23(22)37-2)27-24-25(20-15-18(29)8-9-21(20)33)30-31-26(24)28(34)32(27)19-11-13-39(35,36)16-19/h7-10,14-15,19,27,33H,3-6,11-13,16H2,1-2H3,(H,30,31). The van der Waals surface area contributed by atoms with Crippen LogP contribution >= 0.6 is 11.6 Å². The number of fused-ring (bicyclic) bond motifs is 1. The van der Waals surface area contributed by atoms with Gasteiger partial charge >= 0.3 is 0 Å². The number of H-pyrrole nitrogens is 1. The number of amides is 1. The van der Waals surface area contributed by atoms with Gasteiger partial charge in [0, 0.05) is 22.2 Å². The lowest BCUT2D eigenvalue weighted by molar-refractivity contribution is 0.0677. The van der Waals surface area contributed by atoms with E-state index < -0.39 is 21.9 Å². The quantitative estimate of drug-likeness (QED) is 0.322. The third-order valence-electron chi connectivity index (χ3n) is 7.38. The summed E-state index contributed by atoms with van der Waals surface area (Å²) in [6.45, 7) is 2.72. The summed E-state index contributed by atoms with van der Waals surface area (Å²) in [6, 6.07) is 8.96. The van der Waals surface area contributed by atoms with Gasteiger partial charge in [0.15, 0.2) is 21.3 Å². The van der Waals surface area contributed by atoms with Gasteiger partial charge in [0.05, 0.1) is 31.3 Å². The van der Waals surface area contributed by atoms with Gasteiger partial charge in [-0.25, -0.2) is 8.42 Å². The van der Waals surface area contributed by atoms with Crippen LogP contribution in [0.1, 0.15) is 66.7 Å². The van der Waals surface area contributed by atoms with Crippen LogP contribution in [0.15, 0.2) is 36.4 Å². The molecule has 39 heavy (non-hydrogen) atoms. The Balaban J connectivity index is 1.58. The fraction of sp³-hybridized carbons (Fsp3) is 0.429. The second-order valence-electron chi connectivity index (χ2n) is 10.0. The molecule has 3 aromatic rings. The zero-order valence-corrected chi connectivity index (χ0v) is 23.5. The van der Waals surface area contributed by atoms with Crippen LogP contribution < -0.4 is 9.47 Å². The number of ether oxygens (including phenoxy) is 2. The average molecular weight is 574 g/mol. The first-order valence-corrected chi connectivity index (χ1v) is 15.3. The second-order valence-corrected chi connectivity index (χ2v) is 12.7. The molecule has 0 spiro atoms. The minimum absolute atomic E-state index is 0.0242. The van der Waals surface area contributed by atoms with Crippen LogP contribution in [0.4, 0.5) is 0 Å². The maximum atomic E-state index is 13.7. The van der Waals surface area contributed by atoms with Gasteiger partial charge < -0.3 is 19.5 Å². The summed E-state index contributed by atoms with van der Waals surface area (Å²) in [5, 5.41) is 18.3. The number of methoxy groups -OCH3 is 1. The SMILES string of the molecule is CCCCCCOc1ccc(C2c3c(-c4cc(Cl)ccc4O)n[nH]c3C(=O)N2C2CCS(=O)(=O)C2)cc1OC. The van der Waals surface area contributed by atoms with E-state index in [9.17, 15) is 18.3 Å². The van der Waals surface area contributed by atoms with Crippen molar-refractivity contribution in [2.45, 2.75) is 51.1 Å². The number of sulfone groups is 1. The molecule has 1 fully saturated rings. The lowest BCUT2D eigenvalue weighted by Crippen LogP contribution is -2.40. The molecule has 2 aromatic carbocycles. The van der Waals surface area contributed by atoms with Crippen LogP contribution in [0.5, 0.6) is 17.2 Å². The Kier molecular flexibility index (Phi) is 7.77. The summed E-state index contributed by atoms with van der Waals surface area (Å²) in [5.74, 6) is 0.645. The molecule has 1 amide bonds. The average Bonchev–Trinajstić information content (AvgIpc) is 3.58. The highest BCUT2D eigenvalue weighted by Gasteiger charge is 2.48. The molecule has 3 heterocycles. The van der Waals surface area contributed by atoms with Crippen molar-refractivity contribution in [3.05, 3.63) is 58.2 Å². The summed E-state index contributed by atoms with van der Waals surface area (Å²) >= 11 is 6.23. The van der Waals surface area contributed by atoms with E-state index in [1.165, 1.54) is 6.07 Å². The van der Waals surface area contributed by atoms with Gasteiger partial charge in [0.25, 0.3) is 5.91 Å². The van der Waals surface area contributed by atoms with E-state index in [-0.39, 0.29) is 28.9 Å². The first-order chi connectivity index (χ1) is 18.7. The highest BCUT2D eigenvalue weighted by molar-refractivity contribution is 7.91. The fourth-order valence-electron chi connectivity index (χ4n) is 5.45. The Morgan fingerprint density at radius 3 is 2.69 bits per heavy atom. The Bertz CT molecular complexity index is 1490. The monoisotopic (exact) mass is 573 g/mol.